The first kappa shape index (κ1) is 18.9. The van der Waals surface area contributed by atoms with Crippen LogP contribution in [0.5, 0.6) is 5.75 Å². The lowest BCUT2D eigenvalue weighted by molar-refractivity contribution is 0.0360. The highest BCUT2D eigenvalue weighted by Gasteiger charge is 2.35. The summed E-state index contributed by atoms with van der Waals surface area (Å²) >= 11 is 0. The van der Waals surface area contributed by atoms with Crippen LogP contribution < -0.4 is 15.4 Å². The van der Waals surface area contributed by atoms with Gasteiger partial charge in [0, 0.05) is 37.0 Å². The molecule has 1 aliphatic carbocycles. The molecule has 1 amide bonds. The van der Waals surface area contributed by atoms with Gasteiger partial charge < -0.3 is 20.1 Å². The number of hydrogen-bond donors (Lipinski definition) is 2. The second-order valence-electron chi connectivity index (χ2n) is 8.03. The summed E-state index contributed by atoms with van der Waals surface area (Å²) in [6.07, 6.45) is 0.184. The molecule has 7 heteroatoms. The molecule has 2 N–H and O–H groups in total. The van der Waals surface area contributed by atoms with Crippen LogP contribution in [0.15, 0.2) is 18.2 Å². The van der Waals surface area contributed by atoms with Crippen LogP contribution in [-0.4, -0.2) is 36.6 Å². The molecular weight excluding hydrogens is 342 g/mol. The van der Waals surface area contributed by atoms with Crippen molar-refractivity contribution in [2.75, 3.05) is 6.54 Å². The molecule has 1 saturated heterocycles. The fourth-order valence-electron chi connectivity index (χ4n) is 3.26. The molecular formula is C19H26F2N2O3. The molecule has 3 rings (SSSR count). The maximum absolute atomic E-state index is 13.6. The molecule has 0 unspecified atom stereocenters. The molecule has 1 aliphatic heterocycles. The molecule has 1 saturated carbocycles. The highest BCUT2D eigenvalue weighted by Crippen LogP contribution is 2.35. The van der Waals surface area contributed by atoms with Crippen molar-refractivity contribution >= 4 is 6.09 Å². The summed E-state index contributed by atoms with van der Waals surface area (Å²) in [7, 11) is 0. The number of carbonyl (C=O) groups is 1. The SMILES string of the molecule is CC(C)(C)OC(=O)NC1CC(Oc2ccc(F)cc2[C@H]2C[C@H](F)CN2)C1. The number of ether oxygens (including phenoxy) is 2. The first-order valence-corrected chi connectivity index (χ1v) is 9.02. The van der Waals surface area contributed by atoms with Crippen LogP contribution in [0.25, 0.3) is 0 Å². The van der Waals surface area contributed by atoms with E-state index in [1.165, 1.54) is 12.1 Å². The van der Waals surface area contributed by atoms with Crippen LogP contribution in [0.2, 0.25) is 0 Å². The van der Waals surface area contributed by atoms with E-state index in [9.17, 15) is 13.6 Å². The molecule has 1 aromatic rings. The molecule has 0 radical (unpaired) electrons. The minimum Gasteiger partial charge on any atom is -0.490 e. The van der Waals surface area contributed by atoms with Crippen molar-refractivity contribution in [3.05, 3.63) is 29.6 Å². The summed E-state index contributed by atoms with van der Waals surface area (Å²) in [5.74, 6) is 0.202. The largest absolute Gasteiger partial charge is 0.490 e. The van der Waals surface area contributed by atoms with Crippen LogP contribution in [0.4, 0.5) is 13.6 Å². The molecule has 2 atom stereocenters. The van der Waals surface area contributed by atoms with Crippen molar-refractivity contribution < 1.29 is 23.0 Å². The maximum Gasteiger partial charge on any atom is 0.407 e. The summed E-state index contributed by atoms with van der Waals surface area (Å²) in [6, 6.07) is 4.09. The lowest BCUT2D eigenvalue weighted by Crippen LogP contribution is -2.50. The highest BCUT2D eigenvalue weighted by atomic mass is 19.1. The first-order valence-electron chi connectivity index (χ1n) is 9.02. The molecule has 2 aliphatic rings. The Labute approximate surface area is 152 Å². The van der Waals surface area contributed by atoms with Gasteiger partial charge in [-0.3, -0.25) is 0 Å². The van der Waals surface area contributed by atoms with Crippen LogP contribution in [-0.2, 0) is 4.74 Å². The van der Waals surface area contributed by atoms with Gasteiger partial charge >= 0.3 is 6.09 Å². The van der Waals surface area contributed by atoms with Gasteiger partial charge in [0.05, 0.1) is 0 Å². The van der Waals surface area contributed by atoms with Gasteiger partial charge in [0.1, 0.15) is 29.4 Å². The van der Waals surface area contributed by atoms with Gasteiger partial charge in [-0.2, -0.15) is 0 Å². The monoisotopic (exact) mass is 368 g/mol. The smallest absolute Gasteiger partial charge is 0.407 e. The molecule has 2 fully saturated rings. The van der Waals surface area contributed by atoms with Gasteiger partial charge in [0.2, 0.25) is 0 Å². The third-order valence-electron chi connectivity index (χ3n) is 4.53. The number of rotatable bonds is 4. The van der Waals surface area contributed by atoms with Crippen LogP contribution in [0.3, 0.4) is 0 Å². The van der Waals surface area contributed by atoms with Crippen molar-refractivity contribution in [3.8, 4) is 5.75 Å². The predicted octanol–water partition coefficient (Wildman–Crippen LogP) is 3.63. The molecule has 5 nitrogen and oxygen atoms in total. The maximum atomic E-state index is 13.6. The summed E-state index contributed by atoms with van der Waals surface area (Å²) in [5, 5.41) is 5.87. The Hall–Kier alpha value is -1.89. The lowest BCUT2D eigenvalue weighted by atomic mass is 9.89. The number of alkyl carbamates (subject to hydrolysis) is 1. The van der Waals surface area contributed by atoms with E-state index in [-0.39, 0.29) is 30.5 Å². The van der Waals surface area contributed by atoms with E-state index in [2.05, 4.69) is 10.6 Å². The minimum absolute atomic E-state index is 0.00132. The molecule has 26 heavy (non-hydrogen) atoms. The van der Waals surface area contributed by atoms with E-state index >= 15 is 0 Å². The number of amides is 1. The van der Waals surface area contributed by atoms with Gasteiger partial charge in [-0.1, -0.05) is 0 Å². The Bertz CT molecular complexity index is 657. The van der Waals surface area contributed by atoms with Gasteiger partial charge in [-0.05, 0) is 45.4 Å². The third-order valence-corrected chi connectivity index (χ3v) is 4.53. The summed E-state index contributed by atoms with van der Waals surface area (Å²) in [4.78, 5) is 11.8. The van der Waals surface area contributed by atoms with Crippen molar-refractivity contribution in [1.29, 1.82) is 0 Å². The Morgan fingerprint density at radius 2 is 2.00 bits per heavy atom. The molecule has 0 spiro atoms. The fourth-order valence-corrected chi connectivity index (χ4v) is 3.26. The predicted molar refractivity (Wildman–Crippen MR) is 93.5 cm³/mol. The van der Waals surface area contributed by atoms with Crippen LogP contribution >= 0.6 is 0 Å². The highest BCUT2D eigenvalue weighted by molar-refractivity contribution is 5.68. The quantitative estimate of drug-likeness (QED) is 0.852. The van der Waals surface area contributed by atoms with Crippen molar-refractivity contribution in [2.45, 2.75) is 70.0 Å². The van der Waals surface area contributed by atoms with Crippen molar-refractivity contribution in [2.24, 2.45) is 0 Å². The summed E-state index contributed by atoms with van der Waals surface area (Å²) in [5.41, 5.74) is 0.115. The van der Waals surface area contributed by atoms with E-state index in [1.807, 2.05) is 20.8 Å². The minimum atomic E-state index is -0.928. The number of halogens is 2. The van der Waals surface area contributed by atoms with Crippen molar-refractivity contribution in [1.82, 2.24) is 10.6 Å². The van der Waals surface area contributed by atoms with E-state index in [0.717, 1.165) is 0 Å². The van der Waals surface area contributed by atoms with E-state index in [1.54, 1.807) is 6.07 Å². The normalized spacial score (nSPS) is 28.3. The Morgan fingerprint density at radius 3 is 2.62 bits per heavy atom. The number of alkyl halides is 1. The van der Waals surface area contributed by atoms with Gasteiger partial charge in [0.25, 0.3) is 0 Å². The fraction of sp³-hybridized carbons (Fsp3) is 0.632. The Balaban J connectivity index is 1.54. The Morgan fingerprint density at radius 1 is 1.27 bits per heavy atom. The first-order chi connectivity index (χ1) is 12.2. The third kappa shape index (κ3) is 4.84. The Kier molecular flexibility index (Phi) is 5.37. The number of hydrogen-bond acceptors (Lipinski definition) is 4. The zero-order valence-electron chi connectivity index (χ0n) is 15.4. The van der Waals surface area contributed by atoms with Gasteiger partial charge in [-0.15, -0.1) is 0 Å². The standard InChI is InChI=1S/C19H26F2N2O3/c1-19(2,3)26-18(24)23-13-8-14(9-13)25-17-5-4-11(20)6-15(17)16-7-12(21)10-22-16/h4-6,12-14,16,22H,7-10H2,1-3H3,(H,23,24)/t12-,13?,14?,16+/m0/s1. The zero-order valence-corrected chi connectivity index (χ0v) is 15.4. The van der Waals surface area contributed by atoms with E-state index in [0.29, 0.717) is 30.6 Å². The van der Waals surface area contributed by atoms with E-state index < -0.39 is 17.9 Å². The average molecular weight is 368 g/mol. The summed E-state index contributed by atoms with van der Waals surface area (Å²) < 4.78 is 38.3. The second kappa shape index (κ2) is 7.39. The molecule has 1 aromatic carbocycles. The van der Waals surface area contributed by atoms with Gasteiger partial charge in [0.15, 0.2) is 0 Å². The van der Waals surface area contributed by atoms with E-state index in [4.69, 9.17) is 9.47 Å². The zero-order chi connectivity index (χ0) is 18.9. The molecule has 144 valence electrons. The molecule has 0 bridgehead atoms. The van der Waals surface area contributed by atoms with Crippen LogP contribution in [0, 0.1) is 5.82 Å². The number of benzene rings is 1. The number of nitrogens with one attached hydrogen (secondary N) is 2. The molecule has 0 aromatic heterocycles. The van der Waals surface area contributed by atoms with Crippen LogP contribution in [0.1, 0.15) is 51.6 Å². The van der Waals surface area contributed by atoms with Gasteiger partial charge in [-0.25, -0.2) is 13.6 Å². The topological polar surface area (TPSA) is 59.6 Å². The average Bonchev–Trinajstić information content (AvgIpc) is 2.91. The number of carbonyl (C=O) groups excluding carboxylic acids is 1. The second-order valence-corrected chi connectivity index (χ2v) is 8.03. The molecule has 1 heterocycles. The van der Waals surface area contributed by atoms with Crippen molar-refractivity contribution in [3.63, 3.8) is 0 Å². The summed E-state index contributed by atoms with van der Waals surface area (Å²) in [6.45, 7) is 5.71. The lowest BCUT2D eigenvalue weighted by Gasteiger charge is -2.36.